The third kappa shape index (κ3) is 4.79. The molecule has 0 radical (unpaired) electrons. The van der Waals surface area contributed by atoms with Gasteiger partial charge in [-0.15, -0.1) is 0 Å². The zero-order chi connectivity index (χ0) is 15.1. The summed E-state index contributed by atoms with van der Waals surface area (Å²) in [4.78, 5) is 14.1. The van der Waals surface area contributed by atoms with Crippen LogP contribution in [0.3, 0.4) is 0 Å². The van der Waals surface area contributed by atoms with Crippen molar-refractivity contribution in [2.45, 2.75) is 19.4 Å². The van der Waals surface area contributed by atoms with Crippen molar-refractivity contribution in [3.05, 3.63) is 35.6 Å². The molecule has 0 aliphatic carbocycles. The van der Waals surface area contributed by atoms with Crippen molar-refractivity contribution < 1.29 is 13.9 Å². The second kappa shape index (κ2) is 8.10. The van der Waals surface area contributed by atoms with Crippen LogP contribution in [0.4, 0.5) is 4.39 Å². The Bertz CT molecular complexity index is 461. The van der Waals surface area contributed by atoms with E-state index in [9.17, 15) is 9.18 Å². The number of benzene rings is 1. The summed E-state index contributed by atoms with van der Waals surface area (Å²) >= 11 is 0. The van der Waals surface area contributed by atoms with Gasteiger partial charge < -0.3 is 15.0 Å². The van der Waals surface area contributed by atoms with Crippen LogP contribution in [0.2, 0.25) is 0 Å². The number of halogens is 1. The van der Waals surface area contributed by atoms with Crippen molar-refractivity contribution in [1.29, 1.82) is 0 Å². The van der Waals surface area contributed by atoms with Crippen molar-refractivity contribution in [3.63, 3.8) is 0 Å². The number of nitrogens with one attached hydrogen (secondary N) is 1. The van der Waals surface area contributed by atoms with Crippen molar-refractivity contribution in [3.8, 4) is 0 Å². The Kier molecular flexibility index (Phi) is 6.14. The molecule has 21 heavy (non-hydrogen) atoms. The zero-order valence-electron chi connectivity index (χ0n) is 12.5. The van der Waals surface area contributed by atoms with Crippen LogP contribution in [0.25, 0.3) is 0 Å². The lowest BCUT2D eigenvalue weighted by atomic mass is 10.0. The number of hydrogen-bond acceptors (Lipinski definition) is 3. The Morgan fingerprint density at radius 2 is 2.29 bits per heavy atom. The highest BCUT2D eigenvalue weighted by molar-refractivity contribution is 5.76. The Hall–Kier alpha value is -1.46. The van der Waals surface area contributed by atoms with Gasteiger partial charge in [-0.2, -0.15) is 0 Å². The normalized spacial score (nSPS) is 17.9. The van der Waals surface area contributed by atoms with Gasteiger partial charge in [0, 0.05) is 32.2 Å². The van der Waals surface area contributed by atoms with E-state index in [1.54, 1.807) is 30.2 Å². The van der Waals surface area contributed by atoms with E-state index < -0.39 is 0 Å². The van der Waals surface area contributed by atoms with E-state index in [-0.39, 0.29) is 11.7 Å². The highest BCUT2D eigenvalue weighted by Gasteiger charge is 2.22. The van der Waals surface area contributed by atoms with E-state index in [4.69, 9.17) is 4.74 Å². The van der Waals surface area contributed by atoms with Gasteiger partial charge in [0.25, 0.3) is 0 Å². The molecule has 1 aromatic carbocycles. The molecule has 0 saturated carbocycles. The number of nitrogens with zero attached hydrogens (tertiary/aromatic N) is 1. The lowest BCUT2D eigenvalue weighted by Crippen LogP contribution is -2.35. The highest BCUT2D eigenvalue weighted by Crippen LogP contribution is 2.16. The van der Waals surface area contributed by atoms with Gasteiger partial charge in [-0.25, -0.2) is 4.39 Å². The molecule has 2 rings (SSSR count). The van der Waals surface area contributed by atoms with Crippen LogP contribution in [-0.4, -0.2) is 44.2 Å². The van der Waals surface area contributed by atoms with Crippen LogP contribution in [0.15, 0.2) is 24.3 Å². The Morgan fingerprint density at radius 1 is 1.48 bits per heavy atom. The molecule has 1 amide bonds. The second-order valence-corrected chi connectivity index (χ2v) is 5.46. The first-order valence-corrected chi connectivity index (χ1v) is 7.41. The largest absolute Gasteiger partial charge is 0.383 e. The Morgan fingerprint density at radius 3 is 2.95 bits per heavy atom. The first kappa shape index (κ1) is 15.9. The first-order chi connectivity index (χ1) is 10.2. The minimum Gasteiger partial charge on any atom is -0.383 e. The summed E-state index contributed by atoms with van der Waals surface area (Å²) in [5, 5.41) is 3.26. The van der Waals surface area contributed by atoms with Crippen LogP contribution >= 0.6 is 0 Å². The Balaban J connectivity index is 1.99. The van der Waals surface area contributed by atoms with E-state index >= 15 is 0 Å². The third-order valence-electron chi connectivity index (χ3n) is 3.86. The molecule has 5 heteroatoms. The van der Waals surface area contributed by atoms with Gasteiger partial charge in [0.2, 0.25) is 5.91 Å². The summed E-state index contributed by atoms with van der Waals surface area (Å²) in [5.41, 5.74) is 0.548. The van der Waals surface area contributed by atoms with Crippen LogP contribution in [0.5, 0.6) is 0 Å². The van der Waals surface area contributed by atoms with E-state index in [0.717, 1.165) is 19.5 Å². The smallest absolute Gasteiger partial charge is 0.223 e. The molecule has 0 spiro atoms. The quantitative estimate of drug-likeness (QED) is 0.834. The first-order valence-electron chi connectivity index (χ1n) is 7.41. The Labute approximate surface area is 125 Å². The molecule has 1 aromatic rings. The van der Waals surface area contributed by atoms with Crippen LogP contribution in [0, 0.1) is 11.7 Å². The van der Waals surface area contributed by atoms with Gasteiger partial charge in [-0.1, -0.05) is 18.2 Å². The van der Waals surface area contributed by atoms with Crippen LogP contribution in [0.1, 0.15) is 18.4 Å². The fourth-order valence-electron chi connectivity index (χ4n) is 2.59. The summed E-state index contributed by atoms with van der Waals surface area (Å²) < 4.78 is 18.8. The molecule has 1 heterocycles. The number of carbonyl (C=O) groups is 1. The summed E-state index contributed by atoms with van der Waals surface area (Å²) in [5.74, 6) is 0.197. The number of hydrogen-bond donors (Lipinski definition) is 1. The third-order valence-corrected chi connectivity index (χ3v) is 3.86. The lowest BCUT2D eigenvalue weighted by molar-refractivity contribution is -0.133. The van der Waals surface area contributed by atoms with Gasteiger partial charge in [0.15, 0.2) is 0 Å². The van der Waals surface area contributed by atoms with Crippen molar-refractivity contribution >= 4 is 5.91 Å². The molecule has 0 bridgehead atoms. The number of amides is 1. The van der Waals surface area contributed by atoms with Crippen molar-refractivity contribution in [2.75, 3.05) is 33.4 Å². The molecule has 1 N–H and O–H groups in total. The van der Waals surface area contributed by atoms with Crippen LogP contribution < -0.4 is 5.32 Å². The van der Waals surface area contributed by atoms with Gasteiger partial charge in [0.05, 0.1) is 6.61 Å². The number of methoxy groups -OCH3 is 1. The highest BCUT2D eigenvalue weighted by atomic mass is 19.1. The average Bonchev–Trinajstić information content (AvgIpc) is 2.98. The summed E-state index contributed by atoms with van der Waals surface area (Å²) in [7, 11) is 1.60. The fraction of sp³-hybridized carbons (Fsp3) is 0.562. The van der Waals surface area contributed by atoms with Gasteiger partial charge in [0.1, 0.15) is 5.82 Å². The van der Waals surface area contributed by atoms with E-state index in [0.29, 0.717) is 37.6 Å². The topological polar surface area (TPSA) is 41.6 Å². The molecule has 1 atom stereocenters. The molecule has 1 unspecified atom stereocenters. The SMILES string of the molecule is COCCN(Cc1ccccc1F)C(=O)CC1CCNC1. The minimum atomic E-state index is -0.268. The van der Waals surface area contributed by atoms with Crippen molar-refractivity contribution in [2.24, 2.45) is 5.92 Å². The summed E-state index contributed by atoms with van der Waals surface area (Å²) in [6.45, 7) is 3.12. The number of carbonyl (C=O) groups excluding carboxylic acids is 1. The predicted octanol–water partition coefficient (Wildman–Crippen LogP) is 1.80. The molecular weight excluding hydrogens is 271 g/mol. The number of rotatable bonds is 7. The van der Waals surface area contributed by atoms with E-state index in [1.165, 1.54) is 6.07 Å². The van der Waals surface area contributed by atoms with Gasteiger partial charge in [-0.3, -0.25) is 4.79 Å². The molecule has 1 fully saturated rings. The maximum absolute atomic E-state index is 13.8. The maximum atomic E-state index is 13.8. The molecule has 1 aliphatic heterocycles. The standard InChI is InChI=1S/C16H23FN2O2/c1-21-9-8-19(12-14-4-2-3-5-15(14)17)16(20)10-13-6-7-18-11-13/h2-5,13,18H,6-12H2,1H3. The molecule has 4 nitrogen and oxygen atoms in total. The molecule has 0 aromatic heterocycles. The van der Waals surface area contributed by atoms with Crippen molar-refractivity contribution in [1.82, 2.24) is 10.2 Å². The van der Waals surface area contributed by atoms with E-state index in [2.05, 4.69) is 5.32 Å². The molecule has 1 saturated heterocycles. The average molecular weight is 294 g/mol. The van der Waals surface area contributed by atoms with Gasteiger partial charge >= 0.3 is 0 Å². The molecule has 116 valence electrons. The zero-order valence-corrected chi connectivity index (χ0v) is 12.5. The minimum absolute atomic E-state index is 0.0732. The second-order valence-electron chi connectivity index (χ2n) is 5.46. The summed E-state index contributed by atoms with van der Waals surface area (Å²) in [6.07, 6.45) is 1.55. The lowest BCUT2D eigenvalue weighted by Gasteiger charge is -2.24. The number of ether oxygens (including phenoxy) is 1. The molecular formula is C16H23FN2O2. The molecule has 1 aliphatic rings. The van der Waals surface area contributed by atoms with Crippen LogP contribution in [-0.2, 0) is 16.1 Å². The maximum Gasteiger partial charge on any atom is 0.223 e. The fourth-order valence-corrected chi connectivity index (χ4v) is 2.59. The predicted molar refractivity (Wildman–Crippen MR) is 79.3 cm³/mol. The summed E-state index contributed by atoms with van der Waals surface area (Å²) in [6, 6.07) is 6.59. The van der Waals surface area contributed by atoms with E-state index in [1.807, 2.05) is 0 Å². The van der Waals surface area contributed by atoms with Gasteiger partial charge in [-0.05, 0) is 31.5 Å². The monoisotopic (exact) mass is 294 g/mol.